The standard InChI is InChI=1S/C22H27F6N5O/c1-20(2)9-14(10-21(3,4)33(20)5)30-17-16(23)11-29-19(32-17)31-13-6-12(22(26,27)28)7-15(8-13)34-18(24)25/h6-8,11,14,18H,9-10H2,1-5H3,(H2,29,30,31,32). The number of anilines is 3. The molecule has 0 atom stereocenters. The predicted molar refractivity (Wildman–Crippen MR) is 116 cm³/mol. The number of hydrogen-bond donors (Lipinski definition) is 2. The molecule has 3 rings (SSSR count). The molecule has 1 aliphatic heterocycles. The van der Waals surface area contributed by atoms with E-state index in [1.165, 1.54) is 0 Å². The summed E-state index contributed by atoms with van der Waals surface area (Å²) in [6.07, 6.45) is -2.53. The molecule has 188 valence electrons. The number of nitrogens with one attached hydrogen (secondary N) is 2. The van der Waals surface area contributed by atoms with Gasteiger partial charge in [0.1, 0.15) is 5.75 Å². The Morgan fingerprint density at radius 2 is 1.71 bits per heavy atom. The molecular formula is C22H27F6N5O. The van der Waals surface area contributed by atoms with Gasteiger partial charge in [-0.1, -0.05) is 0 Å². The first-order valence-corrected chi connectivity index (χ1v) is 10.5. The summed E-state index contributed by atoms with van der Waals surface area (Å²) < 4.78 is 83.3. The number of benzene rings is 1. The zero-order valence-electron chi connectivity index (χ0n) is 19.4. The maximum Gasteiger partial charge on any atom is 0.416 e. The van der Waals surface area contributed by atoms with E-state index in [0.29, 0.717) is 25.0 Å². The van der Waals surface area contributed by atoms with Crippen LogP contribution in [0.4, 0.5) is 43.8 Å². The number of rotatable bonds is 6. The van der Waals surface area contributed by atoms with Crippen molar-refractivity contribution in [3.63, 3.8) is 0 Å². The van der Waals surface area contributed by atoms with Gasteiger partial charge in [-0.05, 0) is 59.7 Å². The summed E-state index contributed by atoms with van der Waals surface area (Å²) in [4.78, 5) is 10.1. The third-order valence-electron chi connectivity index (χ3n) is 6.11. The fourth-order valence-corrected chi connectivity index (χ4v) is 4.33. The minimum Gasteiger partial charge on any atom is -0.435 e. The molecule has 2 aromatic rings. The Balaban J connectivity index is 1.86. The molecule has 2 N–H and O–H groups in total. The Kier molecular flexibility index (Phi) is 6.94. The quantitative estimate of drug-likeness (QED) is 0.481. The monoisotopic (exact) mass is 491 g/mol. The van der Waals surface area contributed by atoms with Gasteiger partial charge >= 0.3 is 12.8 Å². The van der Waals surface area contributed by atoms with Crippen LogP contribution in [0.1, 0.15) is 46.1 Å². The van der Waals surface area contributed by atoms with Crippen molar-refractivity contribution in [1.29, 1.82) is 0 Å². The summed E-state index contributed by atoms with van der Waals surface area (Å²) in [5.74, 6) is -1.75. The van der Waals surface area contributed by atoms with Crippen LogP contribution in [0.2, 0.25) is 0 Å². The summed E-state index contributed by atoms with van der Waals surface area (Å²) in [5, 5.41) is 5.60. The van der Waals surface area contributed by atoms with Crippen molar-refractivity contribution in [2.45, 2.75) is 70.4 Å². The van der Waals surface area contributed by atoms with Crippen LogP contribution in [0.5, 0.6) is 5.75 Å². The summed E-state index contributed by atoms with van der Waals surface area (Å²) >= 11 is 0. The first-order chi connectivity index (χ1) is 15.6. The van der Waals surface area contributed by atoms with Crippen LogP contribution in [-0.4, -0.2) is 45.6 Å². The number of nitrogens with zero attached hydrogens (tertiary/aromatic N) is 3. The second-order valence-corrected chi connectivity index (χ2v) is 9.57. The summed E-state index contributed by atoms with van der Waals surface area (Å²) in [5.41, 5.74) is -1.80. The number of aromatic nitrogens is 2. The van der Waals surface area contributed by atoms with Crippen molar-refractivity contribution in [2.75, 3.05) is 17.7 Å². The molecule has 1 aromatic heterocycles. The van der Waals surface area contributed by atoms with Crippen molar-refractivity contribution in [2.24, 2.45) is 0 Å². The van der Waals surface area contributed by atoms with E-state index in [9.17, 15) is 26.3 Å². The fraction of sp³-hybridized carbons (Fsp3) is 0.545. The van der Waals surface area contributed by atoms with Crippen LogP contribution in [0.25, 0.3) is 0 Å². The number of likely N-dealkylation sites (tertiary alicyclic amines) is 1. The molecule has 0 saturated carbocycles. The van der Waals surface area contributed by atoms with Gasteiger partial charge in [0.15, 0.2) is 11.6 Å². The summed E-state index contributed by atoms with van der Waals surface area (Å²) in [7, 11) is 2.03. The molecule has 1 aromatic carbocycles. The largest absolute Gasteiger partial charge is 0.435 e. The van der Waals surface area contributed by atoms with Crippen molar-refractivity contribution in [3.8, 4) is 5.75 Å². The molecule has 6 nitrogen and oxygen atoms in total. The minimum absolute atomic E-state index is 0.116. The molecule has 0 aliphatic carbocycles. The SMILES string of the molecule is CN1C(C)(C)CC(Nc2nc(Nc3cc(OC(F)F)cc(C(F)(F)F)c3)ncc2F)CC1(C)C. The molecule has 2 heterocycles. The number of ether oxygens (including phenoxy) is 1. The van der Waals surface area contributed by atoms with Crippen molar-refractivity contribution in [3.05, 3.63) is 35.8 Å². The van der Waals surface area contributed by atoms with E-state index < -0.39 is 29.9 Å². The normalized spacial score (nSPS) is 18.7. The highest BCUT2D eigenvalue weighted by Crippen LogP contribution is 2.38. The molecule has 1 saturated heterocycles. The molecule has 12 heteroatoms. The van der Waals surface area contributed by atoms with Crippen LogP contribution in [0, 0.1) is 5.82 Å². The van der Waals surface area contributed by atoms with E-state index in [-0.39, 0.29) is 34.6 Å². The average molecular weight is 491 g/mol. The molecule has 0 bridgehead atoms. The van der Waals surface area contributed by atoms with Crippen molar-refractivity contribution < 1.29 is 31.1 Å². The van der Waals surface area contributed by atoms with Gasteiger partial charge in [-0.3, -0.25) is 4.90 Å². The van der Waals surface area contributed by atoms with Gasteiger partial charge in [0.25, 0.3) is 0 Å². The van der Waals surface area contributed by atoms with Crippen LogP contribution < -0.4 is 15.4 Å². The smallest absolute Gasteiger partial charge is 0.416 e. The third-order valence-corrected chi connectivity index (χ3v) is 6.11. The van der Waals surface area contributed by atoms with Crippen LogP contribution in [0.15, 0.2) is 24.4 Å². The Hall–Kier alpha value is -2.76. The second kappa shape index (κ2) is 9.12. The van der Waals surface area contributed by atoms with Crippen LogP contribution in [0.3, 0.4) is 0 Å². The number of piperidine rings is 1. The van der Waals surface area contributed by atoms with Gasteiger partial charge in [-0.15, -0.1) is 0 Å². The molecule has 0 amide bonds. The lowest BCUT2D eigenvalue weighted by atomic mass is 9.77. The zero-order chi connectivity index (χ0) is 25.5. The molecule has 0 spiro atoms. The molecule has 34 heavy (non-hydrogen) atoms. The van der Waals surface area contributed by atoms with E-state index >= 15 is 0 Å². The van der Waals surface area contributed by atoms with Gasteiger partial charge in [-0.25, -0.2) is 9.37 Å². The zero-order valence-corrected chi connectivity index (χ0v) is 19.4. The van der Waals surface area contributed by atoms with E-state index in [4.69, 9.17) is 0 Å². The van der Waals surface area contributed by atoms with Gasteiger partial charge in [-0.2, -0.15) is 26.9 Å². The van der Waals surface area contributed by atoms with Gasteiger partial charge < -0.3 is 15.4 Å². The van der Waals surface area contributed by atoms with Crippen molar-refractivity contribution >= 4 is 17.5 Å². The summed E-state index contributed by atoms with van der Waals surface area (Å²) in [6.45, 7) is 5.02. The predicted octanol–water partition coefficient (Wildman–Crippen LogP) is 6.04. The molecule has 1 aliphatic rings. The molecular weight excluding hydrogens is 464 g/mol. The topological polar surface area (TPSA) is 62.3 Å². The lowest BCUT2D eigenvalue weighted by Gasteiger charge is -2.53. The second-order valence-electron chi connectivity index (χ2n) is 9.57. The van der Waals surface area contributed by atoms with E-state index in [1.807, 2.05) is 7.05 Å². The van der Waals surface area contributed by atoms with E-state index in [2.05, 4.69) is 57.9 Å². The molecule has 0 radical (unpaired) electrons. The highest BCUT2D eigenvalue weighted by Gasteiger charge is 2.43. The maximum atomic E-state index is 14.5. The van der Waals surface area contributed by atoms with Crippen LogP contribution in [-0.2, 0) is 6.18 Å². The first kappa shape index (κ1) is 25.9. The lowest BCUT2D eigenvalue weighted by Crippen LogP contribution is -2.61. The van der Waals surface area contributed by atoms with Crippen molar-refractivity contribution in [1.82, 2.24) is 14.9 Å². The van der Waals surface area contributed by atoms with Gasteiger partial charge in [0.2, 0.25) is 5.95 Å². The number of halogens is 6. The van der Waals surface area contributed by atoms with Gasteiger partial charge in [0, 0.05) is 28.9 Å². The minimum atomic E-state index is -4.80. The molecule has 1 fully saturated rings. The summed E-state index contributed by atoms with van der Waals surface area (Å²) in [6, 6.07) is 1.97. The Morgan fingerprint density at radius 3 is 2.26 bits per heavy atom. The lowest BCUT2D eigenvalue weighted by molar-refractivity contribution is -0.138. The Morgan fingerprint density at radius 1 is 1.09 bits per heavy atom. The Labute approximate surface area is 193 Å². The number of alkyl halides is 5. The Bertz CT molecular complexity index is 1010. The highest BCUT2D eigenvalue weighted by molar-refractivity contribution is 5.59. The van der Waals surface area contributed by atoms with Gasteiger partial charge in [0.05, 0.1) is 11.8 Å². The number of hydrogen-bond acceptors (Lipinski definition) is 6. The van der Waals surface area contributed by atoms with Crippen LogP contribution >= 0.6 is 0 Å². The highest BCUT2D eigenvalue weighted by atomic mass is 19.4. The molecule has 0 unspecified atom stereocenters. The third kappa shape index (κ3) is 6.02. The average Bonchev–Trinajstić information content (AvgIpc) is 2.67. The fourth-order valence-electron chi connectivity index (χ4n) is 4.33. The van der Waals surface area contributed by atoms with E-state index in [1.54, 1.807) is 0 Å². The van der Waals surface area contributed by atoms with E-state index in [0.717, 1.165) is 12.3 Å². The maximum absolute atomic E-state index is 14.5. The first-order valence-electron chi connectivity index (χ1n) is 10.5.